The van der Waals surface area contributed by atoms with Gasteiger partial charge in [0.15, 0.2) is 0 Å². The van der Waals surface area contributed by atoms with E-state index in [0.29, 0.717) is 5.92 Å². The Morgan fingerprint density at radius 2 is 2.00 bits per heavy atom. The number of aryl methyl sites for hydroxylation is 1. The maximum absolute atomic E-state index is 12.6. The molecule has 4 nitrogen and oxygen atoms in total. The highest BCUT2D eigenvalue weighted by atomic mass is 16.5. The summed E-state index contributed by atoms with van der Waals surface area (Å²) in [5.41, 5.74) is 3.70. The number of rotatable bonds is 14. The van der Waals surface area contributed by atoms with Crippen LogP contribution in [0.2, 0.25) is 0 Å². The van der Waals surface area contributed by atoms with Gasteiger partial charge < -0.3 is 10.1 Å². The number of allylic oxidation sites excluding steroid dienone is 3. The molecule has 0 saturated heterocycles. The van der Waals surface area contributed by atoms with Crippen molar-refractivity contribution in [3.63, 3.8) is 0 Å². The van der Waals surface area contributed by atoms with E-state index in [1.54, 1.807) is 19.4 Å². The van der Waals surface area contributed by atoms with Gasteiger partial charge in [0.2, 0.25) is 5.91 Å². The van der Waals surface area contributed by atoms with Crippen molar-refractivity contribution < 1.29 is 9.53 Å². The molecule has 0 spiro atoms. The Hall–Kier alpha value is -2.88. The topological polar surface area (TPSA) is 51.2 Å². The molecule has 1 aliphatic rings. The lowest BCUT2D eigenvalue weighted by Gasteiger charge is -2.17. The molecule has 1 aromatic carbocycles. The molecule has 1 atom stereocenters. The summed E-state index contributed by atoms with van der Waals surface area (Å²) in [6, 6.07) is 12.5. The molecule has 4 heteroatoms. The molecule has 1 amide bonds. The zero-order valence-electron chi connectivity index (χ0n) is 20.1. The highest BCUT2D eigenvalue weighted by Crippen LogP contribution is 2.34. The van der Waals surface area contributed by atoms with Crippen LogP contribution >= 0.6 is 0 Å². The number of amides is 1. The number of ether oxygens (including phenoxy) is 1. The quantitative estimate of drug-likeness (QED) is 0.204. The summed E-state index contributed by atoms with van der Waals surface area (Å²) in [6.45, 7) is 2.22. The molecule has 33 heavy (non-hydrogen) atoms. The van der Waals surface area contributed by atoms with Gasteiger partial charge >= 0.3 is 0 Å². The minimum atomic E-state index is 0.00664. The molecule has 1 N–H and O–H groups in total. The van der Waals surface area contributed by atoms with Crippen molar-refractivity contribution >= 4 is 11.5 Å². The number of pyridine rings is 1. The molecule has 1 aliphatic carbocycles. The van der Waals surface area contributed by atoms with Crippen LogP contribution in [0.3, 0.4) is 0 Å². The van der Waals surface area contributed by atoms with E-state index in [-0.39, 0.29) is 11.9 Å². The summed E-state index contributed by atoms with van der Waals surface area (Å²) >= 11 is 0. The minimum Gasteiger partial charge on any atom is -0.497 e. The maximum Gasteiger partial charge on any atom is 0.244 e. The summed E-state index contributed by atoms with van der Waals surface area (Å²) in [6.07, 6.45) is 19.5. The number of methoxy groups -OCH3 is 1. The number of benzene rings is 1. The second-order valence-electron chi connectivity index (χ2n) is 8.94. The Morgan fingerprint density at radius 1 is 1.18 bits per heavy atom. The van der Waals surface area contributed by atoms with Gasteiger partial charge in [0.05, 0.1) is 7.11 Å². The third-order valence-corrected chi connectivity index (χ3v) is 6.28. The summed E-state index contributed by atoms with van der Waals surface area (Å²) < 4.78 is 5.28. The number of carbonyl (C=O) groups excluding carboxylic acids is 1. The van der Waals surface area contributed by atoms with E-state index in [4.69, 9.17) is 4.74 Å². The molecule has 0 bridgehead atoms. The zero-order valence-corrected chi connectivity index (χ0v) is 20.1. The first-order valence-electron chi connectivity index (χ1n) is 12.4. The Bertz CT molecular complexity index is 899. The number of nitrogens with one attached hydrogen (secondary N) is 1. The largest absolute Gasteiger partial charge is 0.497 e. The van der Waals surface area contributed by atoms with Crippen LogP contribution in [0, 0.1) is 5.92 Å². The van der Waals surface area contributed by atoms with E-state index in [1.807, 2.05) is 30.5 Å². The van der Waals surface area contributed by atoms with Crippen LogP contribution in [0.1, 0.15) is 69.4 Å². The average Bonchev–Trinajstić information content (AvgIpc) is 3.69. The number of nitrogens with zero attached hydrogens (tertiary/aromatic N) is 1. The predicted octanol–water partition coefficient (Wildman–Crippen LogP) is 6.53. The Kier molecular flexibility index (Phi) is 10.2. The number of hydrogen-bond acceptors (Lipinski definition) is 3. The molecule has 0 unspecified atom stereocenters. The lowest BCUT2D eigenvalue weighted by molar-refractivity contribution is -0.117. The summed E-state index contributed by atoms with van der Waals surface area (Å²) in [5.74, 6) is 1.50. The molecule has 1 heterocycles. The van der Waals surface area contributed by atoms with Gasteiger partial charge in [-0.1, -0.05) is 50.1 Å². The first-order valence-corrected chi connectivity index (χ1v) is 12.4. The Morgan fingerprint density at radius 3 is 2.67 bits per heavy atom. The third kappa shape index (κ3) is 8.88. The molecular weight excluding hydrogens is 408 g/mol. The van der Waals surface area contributed by atoms with Crippen LogP contribution in [0.4, 0.5) is 0 Å². The van der Waals surface area contributed by atoms with Crippen LogP contribution < -0.4 is 10.1 Å². The summed E-state index contributed by atoms with van der Waals surface area (Å²) in [7, 11) is 1.68. The van der Waals surface area contributed by atoms with Crippen molar-refractivity contribution in [2.75, 3.05) is 7.11 Å². The van der Waals surface area contributed by atoms with Crippen molar-refractivity contribution in [3.05, 3.63) is 78.1 Å². The molecular formula is C29H38N2O2. The molecule has 0 radical (unpaired) electrons. The molecule has 1 saturated carbocycles. The normalized spacial score (nSPS) is 14.9. The van der Waals surface area contributed by atoms with E-state index >= 15 is 0 Å². The third-order valence-electron chi connectivity index (χ3n) is 6.28. The van der Waals surface area contributed by atoms with Gasteiger partial charge in [-0.3, -0.25) is 9.78 Å². The molecule has 1 fully saturated rings. The number of unbranched alkanes of at least 4 members (excludes halogenated alkanes) is 2. The molecule has 176 valence electrons. The average molecular weight is 447 g/mol. The number of aromatic nitrogens is 1. The summed E-state index contributed by atoms with van der Waals surface area (Å²) in [5, 5.41) is 3.26. The second kappa shape index (κ2) is 13.6. The van der Waals surface area contributed by atoms with Crippen molar-refractivity contribution in [2.24, 2.45) is 5.92 Å². The Labute approximate surface area is 199 Å². The van der Waals surface area contributed by atoms with E-state index in [2.05, 4.69) is 41.5 Å². The predicted molar refractivity (Wildman–Crippen MR) is 136 cm³/mol. The first kappa shape index (κ1) is 24.8. The first-order chi connectivity index (χ1) is 16.2. The van der Waals surface area contributed by atoms with Crippen LogP contribution in [0.5, 0.6) is 5.75 Å². The van der Waals surface area contributed by atoms with Crippen LogP contribution in [-0.4, -0.2) is 24.0 Å². The lowest BCUT2D eigenvalue weighted by atomic mass is 9.99. The molecule has 2 aromatic rings. The van der Waals surface area contributed by atoms with Gasteiger partial charge in [-0.05, 0) is 85.8 Å². The van der Waals surface area contributed by atoms with Crippen LogP contribution in [-0.2, 0) is 11.2 Å². The van der Waals surface area contributed by atoms with E-state index in [1.165, 1.54) is 42.4 Å². The van der Waals surface area contributed by atoms with Crippen molar-refractivity contribution in [2.45, 2.75) is 70.8 Å². The number of hydrogen-bond donors (Lipinski definition) is 1. The van der Waals surface area contributed by atoms with Gasteiger partial charge in [-0.25, -0.2) is 0 Å². The van der Waals surface area contributed by atoms with Crippen molar-refractivity contribution in [3.8, 4) is 5.75 Å². The maximum atomic E-state index is 12.6. The molecule has 1 aromatic heterocycles. The number of carbonyl (C=O) groups is 1. The fraction of sp³-hybridized carbons (Fsp3) is 0.448. The SMILES string of the molecule is CCCCCC(=CC=CC(=O)N[C@H](CCCc1cccnc1)C1CC1)c1ccc(OC)cc1. The molecule has 0 aliphatic heterocycles. The Balaban J connectivity index is 1.55. The zero-order chi connectivity index (χ0) is 23.3. The van der Waals surface area contributed by atoms with Crippen LogP contribution in [0.15, 0.2) is 67.0 Å². The standard InChI is InChI=1S/C29H38N2O2/c1-3-4-5-11-24(25-17-19-27(33-2)20-18-25)12-7-14-29(32)31-28(26-15-16-26)13-6-9-23-10-8-21-30-22-23/h7-8,10,12,14,17-22,26,28H,3-6,9,11,13,15-16H2,1-2H3,(H,31,32)/t28-/m1/s1. The lowest BCUT2D eigenvalue weighted by Crippen LogP contribution is -2.35. The van der Waals surface area contributed by atoms with Gasteiger partial charge in [-0.15, -0.1) is 0 Å². The van der Waals surface area contributed by atoms with Gasteiger partial charge in [-0.2, -0.15) is 0 Å². The smallest absolute Gasteiger partial charge is 0.244 e. The minimum absolute atomic E-state index is 0.00664. The fourth-order valence-electron chi connectivity index (χ4n) is 4.17. The summed E-state index contributed by atoms with van der Waals surface area (Å²) in [4.78, 5) is 16.8. The van der Waals surface area contributed by atoms with Gasteiger partial charge in [0, 0.05) is 24.5 Å². The van der Waals surface area contributed by atoms with Gasteiger partial charge in [0.25, 0.3) is 0 Å². The van der Waals surface area contributed by atoms with Gasteiger partial charge in [0.1, 0.15) is 5.75 Å². The fourth-order valence-corrected chi connectivity index (χ4v) is 4.17. The van der Waals surface area contributed by atoms with E-state index in [0.717, 1.165) is 37.9 Å². The van der Waals surface area contributed by atoms with Crippen molar-refractivity contribution in [1.29, 1.82) is 0 Å². The van der Waals surface area contributed by atoms with E-state index in [9.17, 15) is 4.79 Å². The van der Waals surface area contributed by atoms with Crippen molar-refractivity contribution in [1.82, 2.24) is 10.3 Å². The van der Waals surface area contributed by atoms with E-state index < -0.39 is 0 Å². The molecule has 3 rings (SSSR count). The highest BCUT2D eigenvalue weighted by Gasteiger charge is 2.31. The van der Waals surface area contributed by atoms with Crippen LogP contribution in [0.25, 0.3) is 5.57 Å². The monoisotopic (exact) mass is 446 g/mol. The second-order valence-corrected chi connectivity index (χ2v) is 8.94. The highest BCUT2D eigenvalue weighted by molar-refractivity contribution is 5.88.